The number of para-hydroxylation sites is 2. The fourth-order valence-electron chi connectivity index (χ4n) is 4.30. The molecule has 0 unspecified atom stereocenters. The van der Waals surface area contributed by atoms with Crippen LogP contribution in [0.1, 0.15) is 52.9 Å². The van der Waals surface area contributed by atoms with E-state index in [9.17, 15) is 4.79 Å². The lowest BCUT2D eigenvalue weighted by Crippen LogP contribution is -2.37. The van der Waals surface area contributed by atoms with Gasteiger partial charge in [0.25, 0.3) is 0 Å². The summed E-state index contributed by atoms with van der Waals surface area (Å²) in [6, 6.07) is 8.19. The van der Waals surface area contributed by atoms with Gasteiger partial charge in [-0.2, -0.15) is 0 Å². The van der Waals surface area contributed by atoms with E-state index in [1.54, 1.807) is 0 Å². The fraction of sp³-hybridized carbons (Fsp3) is 0.455. The molecule has 1 aromatic rings. The molecule has 0 aromatic heterocycles. The van der Waals surface area contributed by atoms with Gasteiger partial charge in [0.15, 0.2) is 5.78 Å². The van der Waals surface area contributed by atoms with Crippen LogP contribution in [-0.2, 0) is 4.79 Å². The van der Waals surface area contributed by atoms with Crippen molar-refractivity contribution >= 4 is 22.9 Å². The maximum absolute atomic E-state index is 12.4. The summed E-state index contributed by atoms with van der Waals surface area (Å²) in [6.45, 7) is 7.87. The van der Waals surface area contributed by atoms with Gasteiger partial charge >= 0.3 is 0 Å². The second-order valence-corrected chi connectivity index (χ2v) is 8.31. The Balaban J connectivity index is 1.74. The molecule has 0 fully saturated rings. The van der Waals surface area contributed by atoms with Crippen LogP contribution in [-0.4, -0.2) is 18.0 Å². The Hall–Kier alpha value is -2.16. The van der Waals surface area contributed by atoms with Crippen molar-refractivity contribution in [2.24, 2.45) is 10.4 Å². The van der Waals surface area contributed by atoms with Gasteiger partial charge < -0.3 is 4.90 Å². The van der Waals surface area contributed by atoms with E-state index in [0.29, 0.717) is 17.5 Å². The SMILES string of the molecule is CC1=C(CN2C3=CCCC(=O)C3=Nc3ccccc32)CCC(C)(C)C1. The second kappa shape index (κ2) is 5.98. The van der Waals surface area contributed by atoms with Gasteiger partial charge in [-0.15, -0.1) is 0 Å². The van der Waals surface area contributed by atoms with Crippen LogP contribution in [0.3, 0.4) is 0 Å². The average molecular weight is 334 g/mol. The molecule has 2 aliphatic carbocycles. The standard InChI is InChI=1S/C22H26N2O/c1-15-13-22(2,3)12-11-16(15)14-24-18-8-5-4-7-17(18)23-21-19(24)9-6-10-20(21)25/h4-5,7-9H,6,10-14H2,1-3H3. The highest BCUT2D eigenvalue weighted by molar-refractivity contribution is 6.48. The summed E-state index contributed by atoms with van der Waals surface area (Å²) >= 11 is 0. The van der Waals surface area contributed by atoms with Gasteiger partial charge in [-0.25, -0.2) is 4.99 Å². The monoisotopic (exact) mass is 334 g/mol. The van der Waals surface area contributed by atoms with Crippen molar-refractivity contribution in [3.63, 3.8) is 0 Å². The number of benzene rings is 1. The summed E-state index contributed by atoms with van der Waals surface area (Å²) in [6.07, 6.45) is 7.13. The number of aliphatic imine (C=N–C) groups is 1. The normalized spacial score (nSPS) is 22.2. The predicted octanol–water partition coefficient (Wildman–Crippen LogP) is 5.35. The smallest absolute Gasteiger partial charge is 0.183 e. The molecule has 0 saturated heterocycles. The summed E-state index contributed by atoms with van der Waals surface area (Å²) in [4.78, 5) is 19.4. The van der Waals surface area contributed by atoms with Gasteiger partial charge in [0.05, 0.1) is 17.1 Å². The number of allylic oxidation sites excluding steroid dienone is 3. The lowest BCUT2D eigenvalue weighted by molar-refractivity contribution is -0.113. The van der Waals surface area contributed by atoms with Crippen LogP contribution in [0.2, 0.25) is 0 Å². The zero-order valence-corrected chi connectivity index (χ0v) is 15.4. The van der Waals surface area contributed by atoms with Crippen molar-refractivity contribution in [3.05, 3.63) is 47.2 Å². The van der Waals surface area contributed by atoms with Crippen molar-refractivity contribution in [1.29, 1.82) is 0 Å². The van der Waals surface area contributed by atoms with Crippen molar-refractivity contribution in [2.45, 2.75) is 52.9 Å². The highest BCUT2D eigenvalue weighted by atomic mass is 16.1. The number of hydrogen-bond donors (Lipinski definition) is 0. The fourth-order valence-corrected chi connectivity index (χ4v) is 4.30. The highest BCUT2D eigenvalue weighted by Gasteiger charge is 2.32. The minimum atomic E-state index is 0.174. The minimum absolute atomic E-state index is 0.174. The van der Waals surface area contributed by atoms with E-state index in [0.717, 1.165) is 42.9 Å². The Morgan fingerprint density at radius 3 is 2.80 bits per heavy atom. The van der Waals surface area contributed by atoms with E-state index in [4.69, 9.17) is 0 Å². The number of nitrogens with zero attached hydrogens (tertiary/aromatic N) is 2. The summed E-state index contributed by atoms with van der Waals surface area (Å²) in [5, 5.41) is 0. The highest BCUT2D eigenvalue weighted by Crippen LogP contribution is 2.42. The molecule has 1 heterocycles. The molecule has 3 aliphatic rings. The molecular formula is C22H26N2O. The second-order valence-electron chi connectivity index (χ2n) is 8.31. The largest absolute Gasteiger partial charge is 0.334 e. The average Bonchev–Trinajstić information content (AvgIpc) is 2.57. The molecule has 3 heteroatoms. The molecule has 1 aliphatic heterocycles. The Morgan fingerprint density at radius 1 is 1.20 bits per heavy atom. The first-order valence-corrected chi connectivity index (χ1v) is 9.31. The first-order valence-electron chi connectivity index (χ1n) is 9.31. The maximum atomic E-state index is 12.4. The van der Waals surface area contributed by atoms with Crippen LogP contribution in [0.15, 0.2) is 52.2 Å². The van der Waals surface area contributed by atoms with E-state index in [1.807, 2.05) is 12.1 Å². The van der Waals surface area contributed by atoms with Crippen LogP contribution < -0.4 is 4.90 Å². The zero-order valence-electron chi connectivity index (χ0n) is 15.4. The number of anilines is 1. The molecule has 0 spiro atoms. The molecule has 0 atom stereocenters. The van der Waals surface area contributed by atoms with Gasteiger partial charge in [-0.05, 0) is 50.2 Å². The lowest BCUT2D eigenvalue weighted by Gasteiger charge is -2.38. The van der Waals surface area contributed by atoms with Gasteiger partial charge in [0.1, 0.15) is 5.71 Å². The van der Waals surface area contributed by atoms with E-state index in [-0.39, 0.29) is 5.78 Å². The van der Waals surface area contributed by atoms with Gasteiger partial charge in [0, 0.05) is 13.0 Å². The summed E-state index contributed by atoms with van der Waals surface area (Å²) in [7, 11) is 0. The molecule has 130 valence electrons. The quantitative estimate of drug-likeness (QED) is 0.683. The van der Waals surface area contributed by atoms with Crippen LogP contribution >= 0.6 is 0 Å². The Morgan fingerprint density at radius 2 is 2.00 bits per heavy atom. The third kappa shape index (κ3) is 2.97. The molecule has 25 heavy (non-hydrogen) atoms. The number of carbonyl (C=O) groups is 1. The van der Waals surface area contributed by atoms with Gasteiger partial charge in [0.2, 0.25) is 0 Å². The summed E-state index contributed by atoms with van der Waals surface area (Å²) in [5.74, 6) is 0.174. The first-order chi connectivity index (χ1) is 11.9. The molecule has 0 radical (unpaired) electrons. The first kappa shape index (κ1) is 16.3. The number of fused-ring (bicyclic) bond motifs is 2. The molecule has 0 saturated carbocycles. The van der Waals surface area contributed by atoms with Crippen molar-refractivity contribution in [1.82, 2.24) is 0 Å². The third-order valence-electron chi connectivity index (χ3n) is 5.71. The molecule has 1 aromatic carbocycles. The van der Waals surface area contributed by atoms with Crippen LogP contribution in [0.4, 0.5) is 11.4 Å². The Labute approximate surface area is 150 Å². The number of carbonyl (C=O) groups excluding carboxylic acids is 1. The number of hydrogen-bond acceptors (Lipinski definition) is 3. The number of rotatable bonds is 2. The predicted molar refractivity (Wildman–Crippen MR) is 104 cm³/mol. The number of Topliss-reactive ketones (excluding diaryl/α,β-unsaturated/α-hetero) is 1. The van der Waals surface area contributed by atoms with Crippen molar-refractivity contribution < 1.29 is 4.79 Å². The van der Waals surface area contributed by atoms with E-state index >= 15 is 0 Å². The van der Waals surface area contributed by atoms with Crippen LogP contribution in [0, 0.1) is 5.41 Å². The molecule has 0 amide bonds. The van der Waals surface area contributed by atoms with E-state index in [2.05, 4.69) is 48.9 Å². The van der Waals surface area contributed by atoms with Gasteiger partial charge in [-0.3, -0.25) is 4.79 Å². The summed E-state index contributed by atoms with van der Waals surface area (Å²) in [5.41, 5.74) is 7.14. The Bertz CT molecular complexity index is 826. The summed E-state index contributed by atoms with van der Waals surface area (Å²) < 4.78 is 0. The number of ketones is 1. The third-order valence-corrected chi connectivity index (χ3v) is 5.71. The molecule has 3 nitrogen and oxygen atoms in total. The Kier molecular flexibility index (Phi) is 3.90. The van der Waals surface area contributed by atoms with Gasteiger partial charge in [-0.1, -0.05) is 43.2 Å². The topological polar surface area (TPSA) is 32.7 Å². The molecular weight excluding hydrogens is 308 g/mol. The van der Waals surface area contributed by atoms with Crippen molar-refractivity contribution in [3.8, 4) is 0 Å². The van der Waals surface area contributed by atoms with E-state index in [1.165, 1.54) is 17.6 Å². The molecule has 0 N–H and O–H groups in total. The minimum Gasteiger partial charge on any atom is -0.334 e. The van der Waals surface area contributed by atoms with Crippen LogP contribution in [0.5, 0.6) is 0 Å². The molecule has 0 bridgehead atoms. The maximum Gasteiger partial charge on any atom is 0.183 e. The zero-order chi connectivity index (χ0) is 17.6. The van der Waals surface area contributed by atoms with Crippen LogP contribution in [0.25, 0.3) is 0 Å². The lowest BCUT2D eigenvalue weighted by atomic mass is 9.74. The van der Waals surface area contributed by atoms with Crippen molar-refractivity contribution in [2.75, 3.05) is 11.4 Å². The van der Waals surface area contributed by atoms with E-state index < -0.39 is 0 Å². The molecule has 4 rings (SSSR count).